The Morgan fingerprint density at radius 1 is 1.19 bits per heavy atom. The van der Waals surface area contributed by atoms with Crippen molar-refractivity contribution in [3.63, 3.8) is 0 Å². The third-order valence-corrected chi connectivity index (χ3v) is 5.17. The molecule has 0 unspecified atom stereocenters. The zero-order valence-electron chi connectivity index (χ0n) is 18.1. The van der Waals surface area contributed by atoms with Gasteiger partial charge in [0.05, 0.1) is 29.7 Å². The molecule has 0 amide bonds. The Kier molecular flexibility index (Phi) is 8.47. The van der Waals surface area contributed by atoms with Gasteiger partial charge in [-0.2, -0.15) is 18.4 Å². The number of hydrogen-bond donors (Lipinski definition) is 0. The first kappa shape index (κ1) is 25.4. The number of benzene rings is 1. The highest BCUT2D eigenvalue weighted by Crippen LogP contribution is 2.39. The van der Waals surface area contributed by atoms with Crippen molar-refractivity contribution >= 4 is 23.4 Å². The molecule has 1 aromatic carbocycles. The maximum absolute atomic E-state index is 13.7. The molecule has 3 aromatic rings. The number of nitriles is 1. The molecule has 0 atom stereocenters. The molecular weight excluding hydrogens is 443 g/mol. The van der Waals surface area contributed by atoms with Gasteiger partial charge in [0, 0.05) is 19.2 Å². The van der Waals surface area contributed by atoms with Crippen LogP contribution in [0.3, 0.4) is 0 Å². The van der Waals surface area contributed by atoms with Gasteiger partial charge in [-0.3, -0.25) is 0 Å². The standard InChI is InChI=1S/C22H24F3N5O.ClH/c1-4-30(5-2)9-6-10-31-20-8-7-15(11-16(20)22(23,24)25)17-12-19-21(18(13-26)28-17)27-14-29(19)3;/h7-8,11-12,14H,4-6,9-10H2,1-3H3;1H. The summed E-state index contributed by atoms with van der Waals surface area (Å²) in [6, 6.07) is 7.46. The van der Waals surface area contributed by atoms with Gasteiger partial charge in [-0.15, -0.1) is 12.4 Å². The molecule has 0 aliphatic heterocycles. The number of halogens is 4. The van der Waals surface area contributed by atoms with E-state index in [9.17, 15) is 18.4 Å². The minimum Gasteiger partial charge on any atom is -0.493 e. The zero-order chi connectivity index (χ0) is 22.6. The van der Waals surface area contributed by atoms with Gasteiger partial charge in [0.25, 0.3) is 0 Å². The Balaban J connectivity index is 0.00000363. The van der Waals surface area contributed by atoms with E-state index >= 15 is 0 Å². The van der Waals surface area contributed by atoms with E-state index in [2.05, 4.69) is 14.9 Å². The van der Waals surface area contributed by atoms with Crippen molar-refractivity contribution in [3.05, 3.63) is 41.9 Å². The maximum atomic E-state index is 13.7. The SMILES string of the molecule is CCN(CC)CCCOc1ccc(-c2cc3c(ncn3C)c(C#N)n2)cc1C(F)(F)F.Cl. The molecule has 0 aliphatic rings. The monoisotopic (exact) mass is 467 g/mol. The number of imidazole rings is 1. The van der Waals surface area contributed by atoms with Crippen LogP contribution in [0.15, 0.2) is 30.6 Å². The minimum absolute atomic E-state index is 0. The Labute approximate surface area is 191 Å². The second-order valence-electron chi connectivity index (χ2n) is 7.13. The van der Waals surface area contributed by atoms with Gasteiger partial charge >= 0.3 is 6.18 Å². The molecule has 32 heavy (non-hydrogen) atoms. The highest BCUT2D eigenvalue weighted by Gasteiger charge is 2.35. The summed E-state index contributed by atoms with van der Waals surface area (Å²) in [4.78, 5) is 10.5. The summed E-state index contributed by atoms with van der Waals surface area (Å²) >= 11 is 0. The van der Waals surface area contributed by atoms with Crippen molar-refractivity contribution in [1.29, 1.82) is 5.26 Å². The fraction of sp³-hybridized carbons (Fsp3) is 0.409. The van der Waals surface area contributed by atoms with Crippen LogP contribution in [-0.2, 0) is 13.2 Å². The molecule has 0 spiro atoms. The highest BCUT2D eigenvalue weighted by atomic mass is 35.5. The Hall–Kier alpha value is -2.83. The van der Waals surface area contributed by atoms with Crippen molar-refractivity contribution in [1.82, 2.24) is 19.4 Å². The topological polar surface area (TPSA) is 67.0 Å². The predicted octanol–water partition coefficient (Wildman–Crippen LogP) is 5.06. The van der Waals surface area contributed by atoms with E-state index in [0.29, 0.717) is 17.5 Å². The first-order valence-electron chi connectivity index (χ1n) is 10.1. The van der Waals surface area contributed by atoms with Crippen LogP contribution in [-0.4, -0.2) is 45.7 Å². The number of alkyl halides is 3. The molecule has 6 nitrogen and oxygen atoms in total. The first-order valence-corrected chi connectivity index (χ1v) is 10.1. The quantitative estimate of drug-likeness (QED) is 0.433. The molecule has 2 heterocycles. The molecular formula is C22H25ClF3N5O. The number of nitrogens with zero attached hydrogens (tertiary/aromatic N) is 5. The predicted molar refractivity (Wildman–Crippen MR) is 119 cm³/mol. The molecule has 0 fully saturated rings. The van der Waals surface area contributed by atoms with Crippen molar-refractivity contribution in [2.24, 2.45) is 7.05 Å². The number of ether oxygens (including phenoxy) is 1. The largest absolute Gasteiger partial charge is 0.493 e. The summed E-state index contributed by atoms with van der Waals surface area (Å²) < 4.78 is 48.4. The summed E-state index contributed by atoms with van der Waals surface area (Å²) in [5.41, 5.74) is 0.759. The van der Waals surface area contributed by atoms with E-state index in [1.165, 1.54) is 18.5 Å². The van der Waals surface area contributed by atoms with Crippen LogP contribution >= 0.6 is 12.4 Å². The van der Waals surface area contributed by atoms with Crippen LogP contribution in [0.1, 0.15) is 31.5 Å². The van der Waals surface area contributed by atoms with E-state index in [1.807, 2.05) is 19.9 Å². The van der Waals surface area contributed by atoms with Gasteiger partial charge in [0.15, 0.2) is 5.69 Å². The van der Waals surface area contributed by atoms with Crippen LogP contribution in [0, 0.1) is 11.3 Å². The average Bonchev–Trinajstić information content (AvgIpc) is 3.13. The second-order valence-corrected chi connectivity index (χ2v) is 7.13. The van der Waals surface area contributed by atoms with Gasteiger partial charge in [0.1, 0.15) is 17.3 Å². The van der Waals surface area contributed by atoms with E-state index in [4.69, 9.17) is 4.74 Å². The summed E-state index contributed by atoms with van der Waals surface area (Å²) in [5.74, 6) is -0.210. The molecule has 0 saturated heterocycles. The Morgan fingerprint density at radius 2 is 1.91 bits per heavy atom. The number of pyridine rings is 1. The summed E-state index contributed by atoms with van der Waals surface area (Å²) in [6.07, 6.45) is -2.42. The second kappa shape index (κ2) is 10.7. The van der Waals surface area contributed by atoms with Gasteiger partial charge in [-0.05, 0) is 43.8 Å². The molecule has 0 radical (unpaired) electrons. The number of aryl methyl sites for hydroxylation is 1. The van der Waals surface area contributed by atoms with Crippen molar-refractivity contribution < 1.29 is 17.9 Å². The summed E-state index contributed by atoms with van der Waals surface area (Å²) in [7, 11) is 1.75. The van der Waals surface area contributed by atoms with E-state index in [1.54, 1.807) is 17.7 Å². The highest BCUT2D eigenvalue weighted by molar-refractivity contribution is 5.85. The molecule has 10 heteroatoms. The molecule has 172 valence electrons. The van der Waals surface area contributed by atoms with Crippen LogP contribution < -0.4 is 4.74 Å². The van der Waals surface area contributed by atoms with Crippen molar-refractivity contribution in [2.75, 3.05) is 26.2 Å². The fourth-order valence-corrected chi connectivity index (χ4v) is 3.40. The maximum Gasteiger partial charge on any atom is 0.419 e. The third kappa shape index (κ3) is 5.50. The van der Waals surface area contributed by atoms with Gasteiger partial charge < -0.3 is 14.2 Å². The van der Waals surface area contributed by atoms with E-state index < -0.39 is 11.7 Å². The first-order chi connectivity index (χ1) is 14.8. The summed E-state index contributed by atoms with van der Waals surface area (Å²) in [6.45, 7) is 6.81. The van der Waals surface area contributed by atoms with Crippen LogP contribution in [0.5, 0.6) is 5.75 Å². The van der Waals surface area contributed by atoms with Gasteiger partial charge in [-0.1, -0.05) is 13.8 Å². The Bertz CT molecular complexity index is 1100. The molecule has 3 rings (SSSR count). The van der Waals surface area contributed by atoms with Crippen LogP contribution in [0.25, 0.3) is 22.3 Å². The number of fused-ring (bicyclic) bond motifs is 1. The number of hydrogen-bond acceptors (Lipinski definition) is 5. The third-order valence-electron chi connectivity index (χ3n) is 5.17. The number of rotatable bonds is 8. The van der Waals surface area contributed by atoms with Gasteiger partial charge in [-0.25, -0.2) is 9.97 Å². The average molecular weight is 468 g/mol. The molecule has 0 N–H and O–H groups in total. The number of aromatic nitrogens is 3. The van der Waals surface area contributed by atoms with Gasteiger partial charge in [0.2, 0.25) is 0 Å². The van der Waals surface area contributed by atoms with Crippen molar-refractivity contribution in [2.45, 2.75) is 26.4 Å². The lowest BCUT2D eigenvalue weighted by atomic mass is 10.1. The lowest BCUT2D eigenvalue weighted by Gasteiger charge is -2.19. The van der Waals surface area contributed by atoms with Crippen LogP contribution in [0.4, 0.5) is 13.2 Å². The molecule has 0 bridgehead atoms. The molecule has 0 saturated carbocycles. The minimum atomic E-state index is -4.58. The smallest absolute Gasteiger partial charge is 0.419 e. The van der Waals surface area contributed by atoms with E-state index in [-0.39, 0.29) is 41.7 Å². The lowest BCUT2D eigenvalue weighted by Crippen LogP contribution is -2.25. The lowest BCUT2D eigenvalue weighted by molar-refractivity contribution is -0.138. The normalized spacial score (nSPS) is 11.4. The van der Waals surface area contributed by atoms with Crippen LogP contribution in [0.2, 0.25) is 0 Å². The zero-order valence-corrected chi connectivity index (χ0v) is 18.9. The van der Waals surface area contributed by atoms with E-state index in [0.717, 1.165) is 25.7 Å². The molecule has 2 aromatic heterocycles. The molecule has 0 aliphatic carbocycles. The summed E-state index contributed by atoms with van der Waals surface area (Å²) in [5, 5.41) is 9.37. The van der Waals surface area contributed by atoms with Crippen molar-refractivity contribution in [3.8, 4) is 23.1 Å². The Morgan fingerprint density at radius 3 is 2.53 bits per heavy atom. The fourth-order valence-electron chi connectivity index (χ4n) is 3.40.